The molecule has 3 amide bonds. The molecule has 7 heteroatoms. The molecule has 0 bridgehead atoms. The fourth-order valence-corrected chi connectivity index (χ4v) is 4.58. The van der Waals surface area contributed by atoms with E-state index in [9.17, 15) is 9.59 Å². The quantitative estimate of drug-likeness (QED) is 0.746. The van der Waals surface area contributed by atoms with Crippen LogP contribution in [0.4, 0.5) is 4.79 Å². The maximum atomic E-state index is 13.3. The number of rotatable bonds is 2. The van der Waals surface area contributed by atoms with E-state index in [1.54, 1.807) is 0 Å². The van der Waals surface area contributed by atoms with Gasteiger partial charge in [-0.2, -0.15) is 0 Å². The van der Waals surface area contributed by atoms with Crippen molar-refractivity contribution in [1.29, 1.82) is 0 Å². The first-order valence-electron chi connectivity index (χ1n) is 8.89. The Labute approximate surface area is 164 Å². The third kappa shape index (κ3) is 2.45. The van der Waals surface area contributed by atoms with Crippen LogP contribution in [-0.2, 0) is 23.3 Å². The number of benzene rings is 2. The topological polar surface area (TPSA) is 67.9 Å². The van der Waals surface area contributed by atoms with Crippen LogP contribution in [0.3, 0.4) is 0 Å². The molecule has 6 nitrogen and oxygen atoms in total. The van der Waals surface area contributed by atoms with Gasteiger partial charge in [0.25, 0.3) is 5.91 Å². The highest BCUT2D eigenvalue weighted by molar-refractivity contribution is 9.10. The molecule has 2 heterocycles. The first kappa shape index (κ1) is 16.6. The number of hydrogen-bond donors (Lipinski definition) is 1. The average Bonchev–Trinajstić information content (AvgIpc) is 3.16. The van der Waals surface area contributed by atoms with E-state index in [2.05, 4.69) is 21.2 Å². The second-order valence-electron chi connectivity index (χ2n) is 6.97. The largest absolute Gasteiger partial charge is 0.486 e. The molecular weight excluding hydrogens is 412 g/mol. The van der Waals surface area contributed by atoms with Gasteiger partial charge in [-0.15, -0.1) is 0 Å². The van der Waals surface area contributed by atoms with Gasteiger partial charge < -0.3 is 14.8 Å². The first-order valence-corrected chi connectivity index (χ1v) is 9.68. The maximum absolute atomic E-state index is 13.3. The predicted octanol–water partition coefficient (Wildman–Crippen LogP) is 3.11. The Kier molecular flexibility index (Phi) is 3.69. The van der Waals surface area contributed by atoms with Crippen molar-refractivity contribution in [2.75, 3.05) is 13.2 Å². The lowest BCUT2D eigenvalue weighted by Gasteiger charge is -2.23. The molecule has 0 radical (unpaired) electrons. The molecule has 3 aliphatic rings. The molecule has 1 unspecified atom stereocenters. The van der Waals surface area contributed by atoms with Gasteiger partial charge in [-0.1, -0.05) is 40.2 Å². The van der Waals surface area contributed by atoms with Crippen molar-refractivity contribution in [1.82, 2.24) is 10.2 Å². The molecule has 0 saturated carbocycles. The molecule has 2 aliphatic heterocycles. The Bertz CT molecular complexity index is 976. The second kappa shape index (κ2) is 5.99. The molecule has 1 aliphatic carbocycles. The van der Waals surface area contributed by atoms with Crippen LogP contribution in [0, 0.1) is 0 Å². The number of halogens is 1. The van der Waals surface area contributed by atoms with Gasteiger partial charge in [-0.3, -0.25) is 9.69 Å². The van der Waals surface area contributed by atoms with E-state index in [1.807, 2.05) is 36.4 Å². The first-order chi connectivity index (χ1) is 13.1. The Hall–Kier alpha value is -2.54. The van der Waals surface area contributed by atoms with Gasteiger partial charge in [0.05, 0.1) is 6.54 Å². The minimum atomic E-state index is -0.937. The summed E-state index contributed by atoms with van der Waals surface area (Å²) in [4.78, 5) is 27.3. The second-order valence-corrected chi connectivity index (χ2v) is 7.83. The summed E-state index contributed by atoms with van der Waals surface area (Å²) >= 11 is 3.52. The number of amides is 3. The molecule has 2 aromatic rings. The van der Waals surface area contributed by atoms with E-state index in [0.717, 1.165) is 27.6 Å². The number of nitrogens with zero attached hydrogens (tertiary/aromatic N) is 1. The van der Waals surface area contributed by atoms with E-state index in [1.165, 1.54) is 4.90 Å². The minimum Gasteiger partial charge on any atom is -0.486 e. The van der Waals surface area contributed by atoms with E-state index in [0.29, 0.717) is 31.1 Å². The van der Waals surface area contributed by atoms with Crippen molar-refractivity contribution >= 4 is 27.9 Å². The van der Waals surface area contributed by atoms with Gasteiger partial charge in [-0.05, 0) is 41.7 Å². The zero-order valence-electron chi connectivity index (χ0n) is 14.5. The molecule has 1 saturated heterocycles. The SMILES string of the molecule is O=C1NC2(CCc3ccccc32)C(=O)N1Cc1cc2c(cc1Br)OCCO2. The number of imide groups is 1. The summed E-state index contributed by atoms with van der Waals surface area (Å²) in [6.07, 6.45) is 1.37. The van der Waals surface area contributed by atoms with Gasteiger partial charge in [0.15, 0.2) is 11.5 Å². The lowest BCUT2D eigenvalue weighted by molar-refractivity contribution is -0.132. The smallest absolute Gasteiger partial charge is 0.325 e. The Morgan fingerprint density at radius 2 is 1.85 bits per heavy atom. The van der Waals surface area contributed by atoms with Gasteiger partial charge in [0.2, 0.25) is 0 Å². The summed E-state index contributed by atoms with van der Waals surface area (Å²) in [7, 11) is 0. The Morgan fingerprint density at radius 1 is 1.11 bits per heavy atom. The lowest BCUT2D eigenvalue weighted by Crippen LogP contribution is -2.41. The van der Waals surface area contributed by atoms with Gasteiger partial charge in [0, 0.05) is 4.47 Å². The fourth-order valence-electron chi connectivity index (χ4n) is 4.13. The number of fused-ring (bicyclic) bond motifs is 3. The Morgan fingerprint density at radius 3 is 2.67 bits per heavy atom. The summed E-state index contributed by atoms with van der Waals surface area (Å²) < 4.78 is 12.0. The number of aryl methyl sites for hydroxylation is 1. The third-order valence-corrected chi connectivity index (χ3v) is 6.20. The summed E-state index contributed by atoms with van der Waals surface area (Å²) in [6.45, 7) is 1.16. The normalized spacial score (nSPS) is 22.9. The van der Waals surface area contributed by atoms with Crippen LogP contribution in [0.1, 0.15) is 23.1 Å². The molecular formula is C20H17BrN2O4. The highest BCUT2D eigenvalue weighted by Gasteiger charge is 2.55. The lowest BCUT2D eigenvalue weighted by atomic mass is 9.92. The van der Waals surface area contributed by atoms with Gasteiger partial charge in [-0.25, -0.2) is 4.79 Å². The van der Waals surface area contributed by atoms with E-state index in [4.69, 9.17) is 9.47 Å². The van der Waals surface area contributed by atoms with E-state index < -0.39 is 5.54 Å². The number of ether oxygens (including phenoxy) is 2. The number of hydrogen-bond acceptors (Lipinski definition) is 4. The molecule has 1 atom stereocenters. The predicted molar refractivity (Wildman–Crippen MR) is 101 cm³/mol. The molecule has 138 valence electrons. The van der Waals surface area contributed by atoms with Crippen molar-refractivity contribution in [3.8, 4) is 11.5 Å². The van der Waals surface area contributed by atoms with Crippen LogP contribution in [0.25, 0.3) is 0 Å². The van der Waals surface area contributed by atoms with Crippen LogP contribution < -0.4 is 14.8 Å². The average molecular weight is 429 g/mol. The number of nitrogens with one attached hydrogen (secondary N) is 1. The number of carbonyl (C=O) groups is 2. The Balaban J connectivity index is 1.47. The molecule has 1 fully saturated rings. The van der Waals surface area contributed by atoms with Crippen molar-refractivity contribution in [3.05, 3.63) is 57.6 Å². The molecule has 1 N–H and O–H groups in total. The summed E-state index contributed by atoms with van der Waals surface area (Å²) in [5.41, 5.74) is 1.89. The van der Waals surface area contributed by atoms with E-state index in [-0.39, 0.29) is 18.5 Å². The summed E-state index contributed by atoms with van der Waals surface area (Å²) in [5.74, 6) is 1.10. The monoisotopic (exact) mass is 428 g/mol. The molecule has 27 heavy (non-hydrogen) atoms. The molecule has 2 aromatic carbocycles. The fraction of sp³-hybridized carbons (Fsp3) is 0.300. The minimum absolute atomic E-state index is 0.172. The summed E-state index contributed by atoms with van der Waals surface area (Å²) in [5, 5.41) is 2.95. The van der Waals surface area contributed by atoms with E-state index >= 15 is 0 Å². The van der Waals surface area contributed by atoms with Crippen LogP contribution in [-0.4, -0.2) is 30.1 Å². The maximum Gasteiger partial charge on any atom is 0.325 e. The van der Waals surface area contributed by atoms with Crippen LogP contribution in [0.2, 0.25) is 0 Å². The molecule has 5 rings (SSSR count). The van der Waals surface area contributed by atoms with Crippen molar-refractivity contribution in [2.45, 2.75) is 24.9 Å². The standard InChI is InChI=1S/C20H17BrN2O4/c21-15-10-17-16(26-7-8-27-17)9-13(15)11-23-18(24)20(22-19(23)25)6-5-12-3-1-2-4-14(12)20/h1-4,9-10H,5-8,11H2,(H,22,25). The van der Waals surface area contributed by atoms with Crippen LogP contribution in [0.5, 0.6) is 11.5 Å². The van der Waals surface area contributed by atoms with Crippen molar-refractivity contribution in [3.63, 3.8) is 0 Å². The highest BCUT2D eigenvalue weighted by Crippen LogP contribution is 2.42. The highest BCUT2D eigenvalue weighted by atomic mass is 79.9. The van der Waals surface area contributed by atoms with Crippen LogP contribution >= 0.6 is 15.9 Å². The van der Waals surface area contributed by atoms with Crippen LogP contribution in [0.15, 0.2) is 40.9 Å². The zero-order chi connectivity index (χ0) is 18.6. The zero-order valence-corrected chi connectivity index (χ0v) is 16.0. The molecule has 0 aromatic heterocycles. The van der Waals surface area contributed by atoms with Gasteiger partial charge in [0.1, 0.15) is 18.8 Å². The van der Waals surface area contributed by atoms with Crippen molar-refractivity contribution in [2.24, 2.45) is 0 Å². The van der Waals surface area contributed by atoms with Crippen molar-refractivity contribution < 1.29 is 19.1 Å². The number of carbonyl (C=O) groups excluding carboxylic acids is 2. The molecule has 1 spiro atoms. The third-order valence-electron chi connectivity index (χ3n) is 5.46. The van der Waals surface area contributed by atoms with Gasteiger partial charge >= 0.3 is 6.03 Å². The number of urea groups is 1. The summed E-state index contributed by atoms with van der Waals surface area (Å²) in [6, 6.07) is 11.1.